The van der Waals surface area contributed by atoms with Crippen molar-refractivity contribution in [2.75, 3.05) is 13.1 Å². The van der Waals surface area contributed by atoms with Gasteiger partial charge in [0.2, 0.25) is 0 Å². The molecule has 1 atom stereocenters. The SMILES string of the molecule is C1CCCCC([NH+]2CCCCCCCN2)CCC1. The van der Waals surface area contributed by atoms with Crippen molar-refractivity contribution in [3.63, 3.8) is 0 Å². The van der Waals surface area contributed by atoms with Crippen LogP contribution in [0.25, 0.3) is 0 Å². The molecule has 106 valence electrons. The van der Waals surface area contributed by atoms with Crippen LogP contribution < -0.4 is 10.4 Å². The third-order valence-corrected chi connectivity index (χ3v) is 4.82. The fourth-order valence-electron chi connectivity index (χ4n) is 3.64. The van der Waals surface area contributed by atoms with Gasteiger partial charge in [-0.15, -0.1) is 0 Å². The van der Waals surface area contributed by atoms with Crippen molar-refractivity contribution in [1.29, 1.82) is 0 Å². The quantitative estimate of drug-likeness (QED) is 0.734. The van der Waals surface area contributed by atoms with E-state index in [0.29, 0.717) is 0 Å². The number of nitrogens with one attached hydrogen (secondary N) is 2. The van der Waals surface area contributed by atoms with E-state index in [-0.39, 0.29) is 0 Å². The average molecular weight is 253 g/mol. The molecule has 0 aromatic rings. The van der Waals surface area contributed by atoms with Crippen LogP contribution in [-0.2, 0) is 0 Å². The minimum atomic E-state index is 0.904. The second-order valence-corrected chi connectivity index (χ2v) is 6.37. The molecule has 0 amide bonds. The minimum Gasteiger partial charge on any atom is -0.255 e. The van der Waals surface area contributed by atoms with Crippen molar-refractivity contribution in [3.05, 3.63) is 0 Å². The molecular weight excluding hydrogens is 220 g/mol. The molecule has 2 aliphatic rings. The number of rotatable bonds is 1. The third-order valence-electron chi connectivity index (χ3n) is 4.82. The van der Waals surface area contributed by atoms with Crippen LogP contribution in [0, 0.1) is 0 Å². The molecule has 0 aromatic carbocycles. The summed E-state index contributed by atoms with van der Waals surface area (Å²) in [6, 6.07) is 0.904. The monoisotopic (exact) mass is 253 g/mol. The molecule has 2 N–H and O–H groups in total. The van der Waals surface area contributed by atoms with Gasteiger partial charge in [0.05, 0.1) is 6.54 Å². The van der Waals surface area contributed by atoms with Gasteiger partial charge in [0, 0.05) is 19.4 Å². The Balaban J connectivity index is 1.83. The van der Waals surface area contributed by atoms with Crippen LogP contribution in [0.5, 0.6) is 0 Å². The highest BCUT2D eigenvalue weighted by molar-refractivity contribution is 4.61. The van der Waals surface area contributed by atoms with Gasteiger partial charge in [0.15, 0.2) is 0 Å². The zero-order valence-electron chi connectivity index (χ0n) is 12.2. The molecule has 0 aromatic heterocycles. The predicted molar refractivity (Wildman–Crippen MR) is 77.6 cm³/mol. The lowest BCUT2D eigenvalue weighted by molar-refractivity contribution is -0.970. The van der Waals surface area contributed by atoms with Crippen LogP contribution in [0.15, 0.2) is 0 Å². The molecular formula is C16H33N2+. The summed E-state index contributed by atoms with van der Waals surface area (Å²) in [5, 5.41) is 1.74. The van der Waals surface area contributed by atoms with Crippen molar-refractivity contribution in [2.24, 2.45) is 0 Å². The van der Waals surface area contributed by atoms with Gasteiger partial charge in [0.1, 0.15) is 6.04 Å². The van der Waals surface area contributed by atoms with Crippen LogP contribution in [0.4, 0.5) is 0 Å². The van der Waals surface area contributed by atoms with Gasteiger partial charge in [-0.25, -0.2) is 0 Å². The Morgan fingerprint density at radius 1 is 0.611 bits per heavy atom. The lowest BCUT2D eigenvalue weighted by Crippen LogP contribution is -3.22. The van der Waals surface area contributed by atoms with Crippen molar-refractivity contribution in [3.8, 4) is 0 Å². The van der Waals surface area contributed by atoms with E-state index in [0.717, 1.165) is 6.04 Å². The van der Waals surface area contributed by atoms with Gasteiger partial charge in [-0.05, 0) is 32.1 Å². The fraction of sp³-hybridized carbons (Fsp3) is 1.00. The molecule has 2 rings (SSSR count). The van der Waals surface area contributed by atoms with E-state index in [1.54, 1.807) is 5.01 Å². The summed E-state index contributed by atoms with van der Waals surface area (Å²) in [4.78, 5) is 0. The number of hydrogen-bond donors (Lipinski definition) is 2. The first kappa shape index (κ1) is 14.3. The molecule has 0 spiro atoms. The molecule has 1 heterocycles. The maximum Gasteiger partial charge on any atom is 0.105 e. The number of quaternary nitrogens is 1. The molecule has 2 heteroatoms. The summed E-state index contributed by atoms with van der Waals surface area (Å²) in [6.07, 6.45) is 18.9. The molecule has 1 aliphatic heterocycles. The highest BCUT2D eigenvalue weighted by atomic mass is 15.5. The minimum absolute atomic E-state index is 0.904. The first-order chi connectivity index (χ1) is 8.97. The summed E-state index contributed by atoms with van der Waals surface area (Å²) in [5.74, 6) is 0. The number of hydrogen-bond acceptors (Lipinski definition) is 1. The predicted octanol–water partition coefficient (Wildman–Crippen LogP) is 2.84. The molecule has 1 saturated carbocycles. The highest BCUT2D eigenvalue weighted by Crippen LogP contribution is 2.15. The summed E-state index contributed by atoms with van der Waals surface area (Å²) in [7, 11) is 0. The van der Waals surface area contributed by atoms with Crippen molar-refractivity contribution in [1.82, 2.24) is 5.43 Å². The van der Waals surface area contributed by atoms with E-state index in [9.17, 15) is 0 Å². The van der Waals surface area contributed by atoms with Crippen LogP contribution in [-0.4, -0.2) is 19.1 Å². The van der Waals surface area contributed by atoms with E-state index in [1.807, 2.05) is 0 Å². The first-order valence-corrected chi connectivity index (χ1v) is 8.56. The van der Waals surface area contributed by atoms with Gasteiger partial charge >= 0.3 is 0 Å². The molecule has 0 bridgehead atoms. The normalized spacial score (nSPS) is 30.3. The van der Waals surface area contributed by atoms with Gasteiger partial charge in [-0.3, -0.25) is 5.01 Å². The Bertz CT molecular complexity index is 163. The fourth-order valence-corrected chi connectivity index (χ4v) is 3.64. The molecule has 2 fully saturated rings. The van der Waals surface area contributed by atoms with Crippen molar-refractivity contribution in [2.45, 2.75) is 89.5 Å². The van der Waals surface area contributed by atoms with E-state index >= 15 is 0 Å². The highest BCUT2D eigenvalue weighted by Gasteiger charge is 2.22. The van der Waals surface area contributed by atoms with E-state index in [1.165, 1.54) is 96.6 Å². The van der Waals surface area contributed by atoms with E-state index < -0.39 is 0 Å². The van der Waals surface area contributed by atoms with Crippen LogP contribution in [0.3, 0.4) is 0 Å². The Morgan fingerprint density at radius 3 is 1.89 bits per heavy atom. The zero-order chi connectivity index (χ0) is 12.5. The third kappa shape index (κ3) is 5.27. The van der Waals surface area contributed by atoms with E-state index in [4.69, 9.17) is 0 Å². The van der Waals surface area contributed by atoms with Crippen LogP contribution in [0.2, 0.25) is 0 Å². The van der Waals surface area contributed by atoms with Crippen LogP contribution in [0.1, 0.15) is 83.5 Å². The van der Waals surface area contributed by atoms with Gasteiger partial charge in [-0.2, -0.15) is 5.43 Å². The van der Waals surface area contributed by atoms with Gasteiger partial charge in [0.25, 0.3) is 0 Å². The molecule has 1 aliphatic carbocycles. The maximum absolute atomic E-state index is 3.82. The maximum atomic E-state index is 3.82. The second-order valence-electron chi connectivity index (χ2n) is 6.37. The summed E-state index contributed by atoms with van der Waals surface area (Å²) in [6.45, 7) is 2.61. The summed E-state index contributed by atoms with van der Waals surface area (Å²) < 4.78 is 0. The largest absolute Gasteiger partial charge is 0.255 e. The lowest BCUT2D eigenvalue weighted by Gasteiger charge is -2.28. The molecule has 2 nitrogen and oxygen atoms in total. The summed E-state index contributed by atoms with van der Waals surface area (Å²) in [5.41, 5.74) is 3.82. The average Bonchev–Trinajstić information content (AvgIpc) is 2.61. The molecule has 0 radical (unpaired) electrons. The molecule has 1 saturated heterocycles. The van der Waals surface area contributed by atoms with Crippen molar-refractivity contribution >= 4 is 0 Å². The lowest BCUT2D eigenvalue weighted by atomic mass is 10.0. The Labute approximate surface area is 113 Å². The Kier molecular flexibility index (Phi) is 7.11. The molecule has 1 unspecified atom stereocenters. The van der Waals surface area contributed by atoms with Crippen LogP contribution >= 0.6 is 0 Å². The van der Waals surface area contributed by atoms with Gasteiger partial charge < -0.3 is 0 Å². The van der Waals surface area contributed by atoms with Crippen molar-refractivity contribution < 1.29 is 5.01 Å². The molecule has 18 heavy (non-hydrogen) atoms. The zero-order valence-corrected chi connectivity index (χ0v) is 12.2. The van der Waals surface area contributed by atoms with E-state index in [2.05, 4.69) is 5.43 Å². The topological polar surface area (TPSA) is 16.5 Å². The Morgan fingerprint density at radius 2 is 1.17 bits per heavy atom. The second kappa shape index (κ2) is 8.92. The first-order valence-electron chi connectivity index (χ1n) is 8.56. The Hall–Kier alpha value is -0.0800. The standard InChI is InChI=1S/C16H32N2/c1-2-5-9-13-16(12-8-4-1)18-15-11-7-3-6-10-14-17-18/h16-17H,1-15H2/p+1. The smallest absolute Gasteiger partial charge is 0.105 e. The van der Waals surface area contributed by atoms with Gasteiger partial charge in [-0.1, -0.05) is 38.5 Å². The summed E-state index contributed by atoms with van der Waals surface area (Å²) >= 11 is 0.